The maximum Gasteiger partial charge on any atom is 0.203 e. The highest BCUT2D eigenvalue weighted by Gasteiger charge is 2.17. The van der Waals surface area contributed by atoms with Gasteiger partial charge in [0.1, 0.15) is 11.6 Å². The smallest absolute Gasteiger partial charge is 0.203 e. The number of methoxy groups -OCH3 is 3. The van der Waals surface area contributed by atoms with Crippen LogP contribution in [0.25, 0.3) is 16.9 Å². The summed E-state index contributed by atoms with van der Waals surface area (Å²) in [6, 6.07) is 11.3. The van der Waals surface area contributed by atoms with Crippen LogP contribution in [0.1, 0.15) is 5.76 Å². The largest absolute Gasteiger partial charge is 0.493 e. The molecule has 4 aromatic rings. The molecule has 144 valence electrons. The van der Waals surface area contributed by atoms with Gasteiger partial charge in [0.2, 0.25) is 5.75 Å². The summed E-state index contributed by atoms with van der Waals surface area (Å²) in [5.41, 5.74) is 2.38. The van der Waals surface area contributed by atoms with Crippen molar-refractivity contribution in [1.82, 2.24) is 14.6 Å². The molecule has 0 radical (unpaired) electrons. The molecule has 0 unspecified atom stereocenters. The van der Waals surface area contributed by atoms with E-state index in [0.29, 0.717) is 29.6 Å². The van der Waals surface area contributed by atoms with Gasteiger partial charge in [-0.15, -0.1) is 5.10 Å². The van der Waals surface area contributed by atoms with E-state index >= 15 is 0 Å². The minimum Gasteiger partial charge on any atom is -0.493 e. The topological polar surface area (TPSA) is 83.1 Å². The minimum absolute atomic E-state index is 0.538. The van der Waals surface area contributed by atoms with Gasteiger partial charge in [-0.25, -0.2) is 9.50 Å². The van der Waals surface area contributed by atoms with E-state index in [-0.39, 0.29) is 0 Å². The number of nitrogens with zero attached hydrogens (tertiary/aromatic N) is 3. The Hall–Kier alpha value is -3.68. The number of ether oxygens (including phenoxy) is 3. The molecule has 0 amide bonds. The summed E-state index contributed by atoms with van der Waals surface area (Å²) in [4.78, 5) is 4.44. The molecule has 0 saturated carbocycles. The molecule has 28 heavy (non-hydrogen) atoms. The molecular formula is C20H20N4O4. The zero-order chi connectivity index (χ0) is 19.5. The molecule has 0 spiro atoms. The predicted molar refractivity (Wildman–Crippen MR) is 104 cm³/mol. The molecule has 8 heteroatoms. The maximum absolute atomic E-state index is 5.46. The third kappa shape index (κ3) is 3.20. The molecule has 0 aliphatic rings. The van der Waals surface area contributed by atoms with E-state index in [4.69, 9.17) is 18.6 Å². The second-order valence-corrected chi connectivity index (χ2v) is 5.98. The van der Waals surface area contributed by atoms with Gasteiger partial charge in [0, 0.05) is 5.56 Å². The zero-order valence-corrected chi connectivity index (χ0v) is 15.8. The molecule has 1 N–H and O–H groups in total. The van der Waals surface area contributed by atoms with Gasteiger partial charge in [-0.05, 0) is 36.4 Å². The van der Waals surface area contributed by atoms with Crippen molar-refractivity contribution in [3.8, 4) is 28.5 Å². The Morgan fingerprint density at radius 3 is 2.46 bits per heavy atom. The lowest BCUT2D eigenvalue weighted by atomic mass is 10.1. The first-order valence-electron chi connectivity index (χ1n) is 8.65. The Labute approximate surface area is 161 Å². The van der Waals surface area contributed by atoms with Crippen molar-refractivity contribution < 1.29 is 18.6 Å². The number of nitrogens with one attached hydrogen (secondary N) is 1. The van der Waals surface area contributed by atoms with Crippen LogP contribution < -0.4 is 19.5 Å². The summed E-state index contributed by atoms with van der Waals surface area (Å²) >= 11 is 0. The normalized spacial score (nSPS) is 10.8. The van der Waals surface area contributed by atoms with E-state index in [0.717, 1.165) is 22.7 Å². The molecular weight excluding hydrogens is 360 g/mol. The van der Waals surface area contributed by atoms with Gasteiger partial charge >= 0.3 is 0 Å². The number of benzene rings is 1. The standard InChI is InChI=1S/C20H20N4O4/c1-25-16-9-13(10-17(26-2)20(16)27-3)15-12-22-19-7-6-18(23-24(15)19)21-11-14-5-4-8-28-14/h4-10,12H,11H2,1-3H3,(H,21,23). The summed E-state index contributed by atoms with van der Waals surface area (Å²) in [7, 11) is 4.75. The van der Waals surface area contributed by atoms with Gasteiger partial charge in [0.05, 0.1) is 46.0 Å². The van der Waals surface area contributed by atoms with Crippen molar-refractivity contribution in [1.29, 1.82) is 0 Å². The first-order chi connectivity index (χ1) is 13.7. The number of anilines is 1. The van der Waals surface area contributed by atoms with Crippen molar-refractivity contribution in [3.63, 3.8) is 0 Å². The molecule has 0 fully saturated rings. The third-order valence-electron chi connectivity index (χ3n) is 4.35. The summed E-state index contributed by atoms with van der Waals surface area (Å²) in [6.45, 7) is 0.541. The fourth-order valence-electron chi connectivity index (χ4n) is 2.98. The van der Waals surface area contributed by atoms with Crippen LogP contribution in [0, 0.1) is 0 Å². The summed E-state index contributed by atoms with van der Waals surface area (Å²) in [6.07, 6.45) is 3.41. The lowest BCUT2D eigenvalue weighted by Crippen LogP contribution is -2.04. The number of furan rings is 1. The Balaban J connectivity index is 1.73. The molecule has 0 aliphatic carbocycles. The molecule has 0 aliphatic heterocycles. The quantitative estimate of drug-likeness (QED) is 0.524. The number of rotatable bonds is 7. The van der Waals surface area contributed by atoms with Crippen molar-refractivity contribution in [2.24, 2.45) is 0 Å². The van der Waals surface area contributed by atoms with Crippen LogP contribution in [0.15, 0.2) is 53.3 Å². The molecule has 1 aromatic carbocycles. The number of aromatic nitrogens is 3. The molecule has 0 atom stereocenters. The first-order valence-corrected chi connectivity index (χ1v) is 8.65. The summed E-state index contributed by atoms with van der Waals surface area (Å²) < 4.78 is 23.4. The van der Waals surface area contributed by atoms with Crippen LogP contribution in [-0.2, 0) is 6.54 Å². The molecule has 0 bridgehead atoms. The van der Waals surface area contributed by atoms with Crippen LogP contribution in [0.5, 0.6) is 17.2 Å². The molecule has 8 nitrogen and oxygen atoms in total. The van der Waals surface area contributed by atoms with Gasteiger partial charge in [0.25, 0.3) is 0 Å². The lowest BCUT2D eigenvalue weighted by molar-refractivity contribution is 0.324. The Kier molecular flexibility index (Phi) is 4.76. The van der Waals surface area contributed by atoms with Crippen LogP contribution in [-0.4, -0.2) is 35.9 Å². The highest BCUT2D eigenvalue weighted by molar-refractivity contribution is 5.70. The second-order valence-electron chi connectivity index (χ2n) is 5.98. The highest BCUT2D eigenvalue weighted by atomic mass is 16.5. The average Bonchev–Trinajstić information content (AvgIpc) is 3.40. The fraction of sp³-hybridized carbons (Fsp3) is 0.200. The van der Waals surface area contributed by atoms with Crippen LogP contribution in [0.2, 0.25) is 0 Å². The van der Waals surface area contributed by atoms with E-state index in [2.05, 4.69) is 15.4 Å². The molecule has 0 saturated heterocycles. The monoisotopic (exact) mass is 380 g/mol. The molecule has 4 rings (SSSR count). The highest BCUT2D eigenvalue weighted by Crippen LogP contribution is 2.41. The van der Waals surface area contributed by atoms with E-state index in [1.54, 1.807) is 38.3 Å². The van der Waals surface area contributed by atoms with Crippen LogP contribution in [0.3, 0.4) is 0 Å². The number of fused-ring (bicyclic) bond motifs is 1. The van der Waals surface area contributed by atoms with Crippen LogP contribution >= 0.6 is 0 Å². The Bertz CT molecular complexity index is 1060. The minimum atomic E-state index is 0.538. The number of imidazole rings is 1. The number of hydrogen-bond donors (Lipinski definition) is 1. The fourth-order valence-corrected chi connectivity index (χ4v) is 2.98. The van der Waals surface area contributed by atoms with Crippen molar-refractivity contribution in [2.75, 3.05) is 26.6 Å². The molecule has 3 aromatic heterocycles. The third-order valence-corrected chi connectivity index (χ3v) is 4.35. The van der Waals surface area contributed by atoms with E-state index in [1.807, 2.05) is 36.4 Å². The average molecular weight is 380 g/mol. The summed E-state index contributed by atoms with van der Waals surface area (Å²) in [5.74, 6) is 3.21. The van der Waals surface area contributed by atoms with Crippen molar-refractivity contribution in [3.05, 3.63) is 54.6 Å². The van der Waals surface area contributed by atoms with E-state index in [9.17, 15) is 0 Å². The van der Waals surface area contributed by atoms with E-state index in [1.165, 1.54) is 0 Å². The SMILES string of the molecule is COc1cc(-c2cnc3ccc(NCc4ccco4)nn23)cc(OC)c1OC. The lowest BCUT2D eigenvalue weighted by Gasteiger charge is -2.14. The van der Waals surface area contributed by atoms with E-state index < -0.39 is 0 Å². The predicted octanol–water partition coefficient (Wildman–Crippen LogP) is 3.63. The zero-order valence-electron chi connectivity index (χ0n) is 15.8. The second kappa shape index (κ2) is 7.51. The molecule has 3 heterocycles. The van der Waals surface area contributed by atoms with Gasteiger partial charge in [-0.1, -0.05) is 0 Å². The van der Waals surface area contributed by atoms with Crippen molar-refractivity contribution >= 4 is 11.5 Å². The van der Waals surface area contributed by atoms with Crippen LogP contribution in [0.4, 0.5) is 5.82 Å². The maximum atomic E-state index is 5.46. The van der Waals surface area contributed by atoms with Crippen molar-refractivity contribution in [2.45, 2.75) is 6.54 Å². The first kappa shape index (κ1) is 17.7. The Morgan fingerprint density at radius 2 is 1.82 bits per heavy atom. The number of hydrogen-bond acceptors (Lipinski definition) is 7. The Morgan fingerprint density at radius 1 is 1.04 bits per heavy atom. The van der Waals surface area contributed by atoms with Gasteiger partial charge in [-0.3, -0.25) is 0 Å². The summed E-state index contributed by atoms with van der Waals surface area (Å²) in [5, 5.41) is 7.90. The van der Waals surface area contributed by atoms with Gasteiger partial charge in [-0.2, -0.15) is 0 Å². The van der Waals surface area contributed by atoms with Gasteiger partial charge in [0.15, 0.2) is 17.1 Å². The van der Waals surface area contributed by atoms with Gasteiger partial charge < -0.3 is 23.9 Å².